The summed E-state index contributed by atoms with van der Waals surface area (Å²) in [6.07, 6.45) is 0. The lowest BCUT2D eigenvalue weighted by molar-refractivity contribution is 1.69. The molecule has 59 heavy (non-hydrogen) atoms. The van der Waals surface area contributed by atoms with Gasteiger partial charge in [-0.2, -0.15) is 0 Å². The minimum absolute atomic E-state index is 1.25. The Labute approximate surface area is 344 Å². The fourth-order valence-corrected chi connectivity index (χ4v) is 11.5. The van der Waals surface area contributed by atoms with Crippen molar-refractivity contribution in [3.8, 4) is 33.4 Å². The second-order valence-corrected chi connectivity index (χ2v) is 16.9. The Kier molecular flexibility index (Phi) is 6.98. The van der Waals surface area contributed by atoms with Gasteiger partial charge in [-0.05, 0) is 116 Å². The van der Waals surface area contributed by atoms with Crippen LogP contribution >= 0.6 is 11.3 Å². The summed E-state index contributed by atoms with van der Waals surface area (Å²) in [5.41, 5.74) is 7.67. The van der Waals surface area contributed by atoms with E-state index in [0.717, 1.165) is 0 Å². The van der Waals surface area contributed by atoms with Crippen LogP contribution in [0, 0.1) is 0 Å². The minimum atomic E-state index is 1.25. The number of hydrogen-bond acceptors (Lipinski definition) is 1. The number of fused-ring (bicyclic) bond motifs is 12. The van der Waals surface area contributed by atoms with Gasteiger partial charge in [-0.25, -0.2) is 0 Å². The van der Waals surface area contributed by atoms with Crippen molar-refractivity contribution < 1.29 is 0 Å². The second-order valence-electron chi connectivity index (χ2n) is 15.8. The quantitative estimate of drug-likeness (QED) is 0.124. The van der Waals surface area contributed by atoms with Crippen LogP contribution < -0.4 is 0 Å². The average molecular weight is 763 g/mol. The lowest BCUT2D eigenvalue weighted by atomic mass is 9.80. The van der Waals surface area contributed by atoms with Crippen molar-refractivity contribution in [1.82, 2.24) is 0 Å². The molecule has 0 atom stereocenters. The van der Waals surface area contributed by atoms with Crippen LogP contribution in [0.25, 0.3) is 129 Å². The molecule has 0 unspecified atom stereocenters. The first-order chi connectivity index (χ1) is 29.3. The molecule has 1 aromatic heterocycles. The molecule has 0 fully saturated rings. The molecular formula is C58H34S. The summed E-state index contributed by atoms with van der Waals surface area (Å²) in [5.74, 6) is 0. The zero-order chi connectivity index (χ0) is 38.6. The summed E-state index contributed by atoms with van der Waals surface area (Å²) in [7, 11) is 0. The molecule has 0 amide bonds. The summed E-state index contributed by atoms with van der Waals surface area (Å²) in [4.78, 5) is 0. The highest BCUT2D eigenvalue weighted by Crippen LogP contribution is 2.51. The highest BCUT2D eigenvalue weighted by molar-refractivity contribution is 7.26. The zero-order valence-electron chi connectivity index (χ0n) is 32.0. The highest BCUT2D eigenvalue weighted by Gasteiger charge is 2.23. The first-order valence-electron chi connectivity index (χ1n) is 20.4. The molecule has 0 saturated carbocycles. The maximum Gasteiger partial charge on any atom is 0.0434 e. The maximum absolute atomic E-state index is 2.46. The molecule has 0 saturated heterocycles. The monoisotopic (exact) mass is 762 g/mol. The van der Waals surface area contributed by atoms with Crippen LogP contribution in [-0.2, 0) is 0 Å². The Balaban J connectivity index is 1.11. The predicted octanol–water partition coefficient (Wildman–Crippen LogP) is 17.1. The zero-order valence-corrected chi connectivity index (χ0v) is 32.9. The van der Waals surface area contributed by atoms with E-state index in [2.05, 4.69) is 206 Å². The third kappa shape index (κ3) is 4.71. The van der Waals surface area contributed by atoms with Gasteiger partial charge in [0.15, 0.2) is 0 Å². The second kappa shape index (κ2) is 12.6. The van der Waals surface area contributed by atoms with E-state index >= 15 is 0 Å². The molecule has 12 aromatic carbocycles. The maximum atomic E-state index is 2.46. The summed E-state index contributed by atoms with van der Waals surface area (Å²) >= 11 is 1.91. The van der Waals surface area contributed by atoms with Gasteiger partial charge in [0, 0.05) is 25.6 Å². The van der Waals surface area contributed by atoms with Gasteiger partial charge in [-0.3, -0.25) is 0 Å². The fraction of sp³-hybridized carbons (Fsp3) is 0. The third-order valence-corrected chi connectivity index (χ3v) is 14.0. The average Bonchev–Trinajstić information content (AvgIpc) is 3.68. The van der Waals surface area contributed by atoms with Crippen molar-refractivity contribution in [2.75, 3.05) is 0 Å². The standard InChI is InChI=1S/C58H34S/c1-4-18-39-35(14-1)16-13-27-41(39)55-44-21-7-11-25-48(44)57(49-26-12-8-22-45(49)55)56-46-23-9-5-19-42(46)54(43-20-6-10-24-47(43)56)37-29-33-53-52(34-37)51-32-31-40-38-17-3-2-15-36(38)28-30-50(40)58(51)59-53/h1-34H. The largest absolute Gasteiger partial charge is 0.135 e. The molecule has 13 rings (SSSR count). The topological polar surface area (TPSA) is 0 Å². The Hall–Kier alpha value is -7.32. The summed E-state index contributed by atoms with van der Waals surface area (Å²) in [5, 5.41) is 20.5. The first kappa shape index (κ1) is 32.7. The molecule has 0 aliphatic heterocycles. The molecule has 1 heteroatoms. The van der Waals surface area contributed by atoms with Gasteiger partial charge in [-0.1, -0.05) is 194 Å². The Bertz CT molecular complexity index is 3780. The van der Waals surface area contributed by atoms with Gasteiger partial charge >= 0.3 is 0 Å². The van der Waals surface area contributed by atoms with E-state index < -0.39 is 0 Å². The molecule has 0 nitrogen and oxygen atoms in total. The van der Waals surface area contributed by atoms with Crippen LogP contribution in [0.4, 0.5) is 0 Å². The number of rotatable bonds is 3. The van der Waals surface area contributed by atoms with Gasteiger partial charge in [0.25, 0.3) is 0 Å². The molecule has 0 aliphatic carbocycles. The van der Waals surface area contributed by atoms with Crippen molar-refractivity contribution in [3.05, 3.63) is 206 Å². The smallest absolute Gasteiger partial charge is 0.0434 e. The van der Waals surface area contributed by atoms with Crippen molar-refractivity contribution >= 4 is 107 Å². The van der Waals surface area contributed by atoms with Crippen LogP contribution in [0.15, 0.2) is 206 Å². The molecule has 1 heterocycles. The lowest BCUT2D eigenvalue weighted by Crippen LogP contribution is -1.95. The van der Waals surface area contributed by atoms with Gasteiger partial charge in [0.2, 0.25) is 0 Å². The molecule has 0 aliphatic rings. The lowest BCUT2D eigenvalue weighted by Gasteiger charge is -2.22. The third-order valence-electron chi connectivity index (χ3n) is 12.8. The number of hydrogen-bond donors (Lipinski definition) is 0. The molecule has 0 radical (unpaired) electrons. The summed E-state index contributed by atoms with van der Waals surface area (Å²) < 4.78 is 2.68. The van der Waals surface area contributed by atoms with Crippen molar-refractivity contribution in [2.45, 2.75) is 0 Å². The van der Waals surface area contributed by atoms with E-state index in [0.29, 0.717) is 0 Å². The molecule has 272 valence electrons. The highest BCUT2D eigenvalue weighted by atomic mass is 32.1. The number of benzene rings is 12. The van der Waals surface area contributed by atoms with E-state index in [1.54, 1.807) is 0 Å². The van der Waals surface area contributed by atoms with Crippen LogP contribution in [0.2, 0.25) is 0 Å². The normalized spacial score (nSPS) is 12.1. The van der Waals surface area contributed by atoms with Gasteiger partial charge in [-0.15, -0.1) is 11.3 Å². The van der Waals surface area contributed by atoms with E-state index in [1.165, 1.54) is 129 Å². The minimum Gasteiger partial charge on any atom is -0.135 e. The van der Waals surface area contributed by atoms with Gasteiger partial charge in [0.1, 0.15) is 0 Å². The Morgan fingerprint density at radius 3 is 1.25 bits per heavy atom. The van der Waals surface area contributed by atoms with Crippen molar-refractivity contribution in [2.24, 2.45) is 0 Å². The van der Waals surface area contributed by atoms with Crippen LogP contribution in [-0.4, -0.2) is 0 Å². The van der Waals surface area contributed by atoms with E-state index in [4.69, 9.17) is 0 Å². The first-order valence-corrected chi connectivity index (χ1v) is 21.2. The molecule has 13 aromatic rings. The van der Waals surface area contributed by atoms with Crippen LogP contribution in [0.3, 0.4) is 0 Å². The predicted molar refractivity (Wildman–Crippen MR) is 258 cm³/mol. The number of thiophene rings is 1. The van der Waals surface area contributed by atoms with Crippen LogP contribution in [0.1, 0.15) is 0 Å². The summed E-state index contributed by atoms with van der Waals surface area (Å²) in [6.45, 7) is 0. The Morgan fingerprint density at radius 2 is 0.661 bits per heavy atom. The van der Waals surface area contributed by atoms with E-state index in [9.17, 15) is 0 Å². The Morgan fingerprint density at radius 1 is 0.237 bits per heavy atom. The molecule has 0 N–H and O–H groups in total. The van der Waals surface area contributed by atoms with E-state index in [-0.39, 0.29) is 0 Å². The van der Waals surface area contributed by atoms with E-state index in [1.807, 2.05) is 11.3 Å². The molecule has 0 bridgehead atoms. The SMILES string of the molecule is c1ccc2c(-c3c4ccccc4c(-c4c5ccccc5c(-c5ccc6sc7c(ccc8c9ccccc9ccc87)c6c5)c5ccccc45)c4ccccc34)cccc2c1. The van der Waals surface area contributed by atoms with Gasteiger partial charge in [0.05, 0.1) is 0 Å². The summed E-state index contributed by atoms with van der Waals surface area (Å²) in [6, 6.07) is 77.0. The molecule has 0 spiro atoms. The van der Waals surface area contributed by atoms with Crippen molar-refractivity contribution in [1.29, 1.82) is 0 Å². The van der Waals surface area contributed by atoms with Crippen molar-refractivity contribution in [3.63, 3.8) is 0 Å². The fourth-order valence-electron chi connectivity index (χ4n) is 10.3. The van der Waals surface area contributed by atoms with Gasteiger partial charge < -0.3 is 0 Å². The molecular weight excluding hydrogens is 729 g/mol. The van der Waals surface area contributed by atoms with Crippen LogP contribution in [0.5, 0.6) is 0 Å².